The van der Waals surface area contributed by atoms with Gasteiger partial charge in [0, 0.05) is 5.52 Å². The third-order valence-corrected chi connectivity index (χ3v) is 2.24. The van der Waals surface area contributed by atoms with Gasteiger partial charge in [0.05, 0.1) is 0 Å². The summed E-state index contributed by atoms with van der Waals surface area (Å²) in [6.45, 7) is -3.14. The summed E-state index contributed by atoms with van der Waals surface area (Å²) in [7, 11) is 0. The van der Waals surface area contributed by atoms with E-state index in [0.717, 1.165) is 11.6 Å². The van der Waals surface area contributed by atoms with Gasteiger partial charge < -0.3 is 17.9 Å². The Morgan fingerprint density at radius 3 is 2.50 bits per heavy atom. The number of hydrogen-bond donors (Lipinski definition) is 1. The van der Waals surface area contributed by atoms with E-state index in [1.165, 1.54) is 0 Å². The SMILES string of the molecule is Cc1cccc2cc([B-](F)(F)F)[nH]c12. The molecule has 2 aromatic rings. The Morgan fingerprint density at radius 2 is 1.93 bits per heavy atom. The van der Waals surface area contributed by atoms with Crippen LogP contribution in [-0.4, -0.2) is 12.0 Å². The molecular weight excluding hydrogens is 190 g/mol. The molecule has 0 amide bonds. The first-order valence-corrected chi connectivity index (χ1v) is 4.26. The molecule has 1 heterocycles. The van der Waals surface area contributed by atoms with Gasteiger partial charge in [0.1, 0.15) is 0 Å². The van der Waals surface area contributed by atoms with Crippen molar-refractivity contribution in [3.8, 4) is 0 Å². The molecular formula is C9H8BF3N-. The number of hydrogen-bond acceptors (Lipinski definition) is 0. The molecule has 0 saturated carbocycles. The Balaban J connectivity index is 2.69. The highest BCUT2D eigenvalue weighted by molar-refractivity contribution is 6.73. The number of aryl methyl sites for hydroxylation is 1. The van der Waals surface area contributed by atoms with E-state index in [9.17, 15) is 12.9 Å². The van der Waals surface area contributed by atoms with Crippen molar-refractivity contribution < 1.29 is 12.9 Å². The number of H-pyrrole nitrogens is 1. The van der Waals surface area contributed by atoms with Crippen LogP contribution in [0.15, 0.2) is 24.3 Å². The molecule has 1 aromatic heterocycles. The minimum atomic E-state index is -4.93. The number of para-hydroxylation sites is 1. The number of aromatic amines is 1. The second kappa shape index (κ2) is 2.80. The third-order valence-electron chi connectivity index (χ3n) is 2.24. The number of nitrogens with one attached hydrogen (secondary N) is 1. The van der Waals surface area contributed by atoms with Crippen molar-refractivity contribution in [2.24, 2.45) is 0 Å². The van der Waals surface area contributed by atoms with E-state index >= 15 is 0 Å². The summed E-state index contributed by atoms with van der Waals surface area (Å²) in [6.07, 6.45) is 0. The topological polar surface area (TPSA) is 15.8 Å². The highest BCUT2D eigenvalue weighted by Crippen LogP contribution is 2.18. The molecule has 0 unspecified atom stereocenters. The quantitative estimate of drug-likeness (QED) is 0.677. The minimum absolute atomic E-state index is 0.571. The average Bonchev–Trinajstić information content (AvgIpc) is 2.48. The summed E-state index contributed by atoms with van der Waals surface area (Å²) in [6, 6.07) is 6.36. The second-order valence-corrected chi connectivity index (χ2v) is 3.34. The van der Waals surface area contributed by atoms with Crippen LogP contribution in [0.2, 0.25) is 0 Å². The first kappa shape index (κ1) is 9.18. The van der Waals surface area contributed by atoms with Crippen molar-refractivity contribution >= 4 is 23.5 Å². The van der Waals surface area contributed by atoms with E-state index in [0.29, 0.717) is 10.9 Å². The number of fused-ring (bicyclic) bond motifs is 1. The largest absolute Gasteiger partial charge is 0.525 e. The molecule has 0 aliphatic carbocycles. The van der Waals surface area contributed by atoms with Crippen LogP contribution in [0.1, 0.15) is 5.56 Å². The van der Waals surface area contributed by atoms with Gasteiger partial charge >= 0.3 is 6.98 Å². The molecule has 0 aliphatic rings. The van der Waals surface area contributed by atoms with Crippen LogP contribution in [0, 0.1) is 6.92 Å². The van der Waals surface area contributed by atoms with Crippen LogP contribution in [0.25, 0.3) is 10.9 Å². The Kier molecular flexibility index (Phi) is 1.84. The lowest BCUT2D eigenvalue weighted by molar-refractivity contribution is 0.499. The number of rotatable bonds is 1. The summed E-state index contributed by atoms with van der Waals surface area (Å²) in [5.74, 6) is 0. The number of aromatic nitrogens is 1. The van der Waals surface area contributed by atoms with Crippen LogP contribution < -0.4 is 5.59 Å². The zero-order valence-electron chi connectivity index (χ0n) is 7.52. The Labute approximate surface area is 79.0 Å². The Bertz CT molecular complexity index is 472. The van der Waals surface area contributed by atoms with Gasteiger partial charge in [-0.2, -0.15) is 0 Å². The minimum Gasteiger partial charge on any atom is -0.444 e. The Hall–Kier alpha value is -1.39. The fourth-order valence-corrected chi connectivity index (χ4v) is 1.51. The van der Waals surface area contributed by atoms with E-state index < -0.39 is 12.6 Å². The maximum absolute atomic E-state index is 12.4. The van der Waals surface area contributed by atoms with Crippen molar-refractivity contribution in [1.82, 2.24) is 4.98 Å². The van der Waals surface area contributed by atoms with Crippen LogP contribution in [0.5, 0.6) is 0 Å². The van der Waals surface area contributed by atoms with E-state index in [1.54, 1.807) is 25.1 Å². The highest BCUT2D eigenvalue weighted by atomic mass is 19.4. The summed E-state index contributed by atoms with van der Waals surface area (Å²) < 4.78 is 37.2. The molecule has 0 spiro atoms. The molecule has 0 atom stereocenters. The summed E-state index contributed by atoms with van der Waals surface area (Å²) in [5, 5.41) is 0.610. The standard InChI is InChI=1S/C9H8BF3N/c1-6-3-2-4-7-5-8(10(11,12)13)14-9(6)7/h2-5,14H,1H3/q-1. The lowest BCUT2D eigenvalue weighted by Gasteiger charge is -2.10. The first-order chi connectivity index (χ1) is 6.48. The van der Waals surface area contributed by atoms with E-state index in [2.05, 4.69) is 4.98 Å². The normalized spacial score (nSPS) is 12.3. The predicted molar refractivity (Wildman–Crippen MR) is 51.7 cm³/mol. The van der Waals surface area contributed by atoms with Crippen LogP contribution in [0.4, 0.5) is 12.9 Å². The second-order valence-electron chi connectivity index (χ2n) is 3.34. The maximum Gasteiger partial charge on any atom is 0.525 e. The van der Waals surface area contributed by atoms with Crippen molar-refractivity contribution in [2.45, 2.75) is 6.92 Å². The van der Waals surface area contributed by atoms with Gasteiger partial charge in [-0.3, -0.25) is 0 Å². The third kappa shape index (κ3) is 1.39. The molecule has 1 aromatic carbocycles. The lowest BCUT2D eigenvalue weighted by atomic mass is 9.86. The van der Waals surface area contributed by atoms with Gasteiger partial charge in [0.25, 0.3) is 0 Å². The average molecular weight is 198 g/mol. The van der Waals surface area contributed by atoms with Gasteiger partial charge in [-0.05, 0) is 23.5 Å². The molecule has 2 rings (SSSR count). The monoisotopic (exact) mass is 198 g/mol. The van der Waals surface area contributed by atoms with Gasteiger partial charge in [-0.1, -0.05) is 24.3 Å². The summed E-state index contributed by atoms with van der Waals surface area (Å²) in [5.41, 5.74) is 0.768. The summed E-state index contributed by atoms with van der Waals surface area (Å²) in [4.78, 5) is 2.41. The molecule has 5 heteroatoms. The van der Waals surface area contributed by atoms with Crippen molar-refractivity contribution in [3.63, 3.8) is 0 Å². The molecule has 14 heavy (non-hydrogen) atoms. The van der Waals surface area contributed by atoms with Gasteiger partial charge in [0.2, 0.25) is 0 Å². The molecule has 0 radical (unpaired) electrons. The highest BCUT2D eigenvalue weighted by Gasteiger charge is 2.27. The number of benzene rings is 1. The fourth-order valence-electron chi connectivity index (χ4n) is 1.51. The first-order valence-electron chi connectivity index (χ1n) is 4.26. The van der Waals surface area contributed by atoms with E-state index in [1.807, 2.05) is 0 Å². The van der Waals surface area contributed by atoms with Crippen molar-refractivity contribution in [3.05, 3.63) is 29.8 Å². The lowest BCUT2D eigenvalue weighted by Crippen LogP contribution is -2.34. The molecule has 0 bridgehead atoms. The zero-order chi connectivity index (χ0) is 10.3. The van der Waals surface area contributed by atoms with Crippen LogP contribution in [0.3, 0.4) is 0 Å². The van der Waals surface area contributed by atoms with Crippen molar-refractivity contribution in [1.29, 1.82) is 0 Å². The Morgan fingerprint density at radius 1 is 1.21 bits per heavy atom. The molecule has 1 nitrogen and oxygen atoms in total. The molecule has 0 aliphatic heterocycles. The summed E-state index contributed by atoms with van der Waals surface area (Å²) >= 11 is 0. The van der Waals surface area contributed by atoms with E-state index in [4.69, 9.17) is 0 Å². The molecule has 1 N–H and O–H groups in total. The van der Waals surface area contributed by atoms with E-state index in [-0.39, 0.29) is 0 Å². The van der Waals surface area contributed by atoms with Crippen molar-refractivity contribution in [2.75, 3.05) is 0 Å². The van der Waals surface area contributed by atoms with Crippen LogP contribution >= 0.6 is 0 Å². The maximum atomic E-state index is 12.4. The molecule has 0 saturated heterocycles. The smallest absolute Gasteiger partial charge is 0.444 e. The van der Waals surface area contributed by atoms with Gasteiger partial charge in [0.15, 0.2) is 0 Å². The van der Waals surface area contributed by atoms with Gasteiger partial charge in [-0.25, -0.2) is 0 Å². The number of halogens is 3. The molecule has 0 fully saturated rings. The predicted octanol–water partition coefficient (Wildman–Crippen LogP) is 2.53. The zero-order valence-corrected chi connectivity index (χ0v) is 7.52. The van der Waals surface area contributed by atoms with Gasteiger partial charge in [-0.15, -0.1) is 0 Å². The molecule has 74 valence electrons. The fraction of sp³-hybridized carbons (Fsp3) is 0.111. The van der Waals surface area contributed by atoms with Crippen LogP contribution in [-0.2, 0) is 0 Å².